The average Bonchev–Trinajstić information content (AvgIpc) is 2.59. The highest BCUT2D eigenvalue weighted by atomic mass is 32.1. The summed E-state index contributed by atoms with van der Waals surface area (Å²) in [4.78, 5) is 10.9. The first kappa shape index (κ1) is 9.18. The van der Waals surface area contributed by atoms with Gasteiger partial charge in [0.05, 0.1) is 5.56 Å². The van der Waals surface area contributed by atoms with Gasteiger partial charge in [0, 0.05) is 22.0 Å². The number of hydrogen-bond donors (Lipinski definition) is 2. The van der Waals surface area contributed by atoms with Gasteiger partial charge < -0.3 is 10.8 Å². The van der Waals surface area contributed by atoms with Gasteiger partial charge in [-0.2, -0.15) is 0 Å². The second kappa shape index (κ2) is 3.40. The maximum absolute atomic E-state index is 10.9. The molecule has 0 unspecified atom stereocenters. The van der Waals surface area contributed by atoms with E-state index in [9.17, 15) is 4.79 Å². The van der Waals surface area contributed by atoms with Gasteiger partial charge in [0.15, 0.2) is 0 Å². The lowest BCUT2D eigenvalue weighted by atomic mass is 10.1. The highest BCUT2D eigenvalue weighted by Gasteiger charge is 2.10. The fraction of sp³-hybridized carbons (Fsp3) is 0.100. The van der Waals surface area contributed by atoms with Crippen LogP contribution in [0.25, 0.3) is 10.1 Å². The van der Waals surface area contributed by atoms with E-state index in [4.69, 9.17) is 10.8 Å². The number of thiophene rings is 1. The van der Waals surface area contributed by atoms with Crippen molar-refractivity contribution in [2.75, 3.05) is 0 Å². The van der Waals surface area contributed by atoms with Gasteiger partial charge in [-0.3, -0.25) is 0 Å². The lowest BCUT2D eigenvalue weighted by Gasteiger charge is -1.97. The highest BCUT2D eigenvalue weighted by molar-refractivity contribution is 7.17. The van der Waals surface area contributed by atoms with Gasteiger partial charge in [0.25, 0.3) is 0 Å². The number of hydrogen-bond acceptors (Lipinski definition) is 3. The normalized spacial score (nSPS) is 10.6. The van der Waals surface area contributed by atoms with Crippen molar-refractivity contribution < 1.29 is 9.90 Å². The van der Waals surface area contributed by atoms with Crippen molar-refractivity contribution in [3.05, 3.63) is 34.7 Å². The summed E-state index contributed by atoms with van der Waals surface area (Å²) in [6.45, 7) is 0.435. The Bertz CT molecular complexity index is 490. The summed E-state index contributed by atoms with van der Waals surface area (Å²) in [6.07, 6.45) is 0. The summed E-state index contributed by atoms with van der Waals surface area (Å²) in [5.41, 5.74) is 6.81. The molecule has 0 saturated heterocycles. The van der Waals surface area contributed by atoms with Crippen LogP contribution in [-0.2, 0) is 6.54 Å². The molecule has 3 nitrogen and oxygen atoms in total. The third-order valence-corrected chi connectivity index (χ3v) is 3.07. The first-order chi connectivity index (χ1) is 6.72. The lowest BCUT2D eigenvalue weighted by Crippen LogP contribution is -1.97. The minimum absolute atomic E-state index is 0.361. The SMILES string of the molecule is NCc1ccc2scc(C(=O)O)c2c1. The van der Waals surface area contributed by atoms with E-state index >= 15 is 0 Å². The van der Waals surface area contributed by atoms with Crippen molar-refractivity contribution in [2.45, 2.75) is 6.54 Å². The second-order valence-corrected chi connectivity index (χ2v) is 3.90. The van der Waals surface area contributed by atoms with Crippen molar-refractivity contribution in [1.82, 2.24) is 0 Å². The number of carboxylic acids is 1. The van der Waals surface area contributed by atoms with Crippen molar-refractivity contribution in [2.24, 2.45) is 5.73 Å². The van der Waals surface area contributed by atoms with Crippen LogP contribution >= 0.6 is 11.3 Å². The maximum Gasteiger partial charge on any atom is 0.337 e. The monoisotopic (exact) mass is 207 g/mol. The predicted octanol–water partition coefficient (Wildman–Crippen LogP) is 2.06. The van der Waals surface area contributed by atoms with Crippen LogP contribution in [0.15, 0.2) is 23.6 Å². The molecule has 0 radical (unpaired) electrons. The molecular formula is C10H9NO2S. The average molecular weight is 207 g/mol. The fourth-order valence-corrected chi connectivity index (χ4v) is 2.28. The standard InChI is InChI=1S/C10H9NO2S/c11-4-6-1-2-9-7(3-6)8(5-14-9)10(12)13/h1-3,5H,4,11H2,(H,12,13). The lowest BCUT2D eigenvalue weighted by molar-refractivity contribution is 0.0699. The first-order valence-electron chi connectivity index (χ1n) is 4.16. The van der Waals surface area contributed by atoms with Crippen LogP contribution in [0.2, 0.25) is 0 Å². The van der Waals surface area contributed by atoms with Crippen LogP contribution in [-0.4, -0.2) is 11.1 Å². The Hall–Kier alpha value is -1.39. The zero-order valence-corrected chi connectivity index (χ0v) is 8.17. The van der Waals surface area contributed by atoms with Gasteiger partial charge in [-0.25, -0.2) is 4.79 Å². The molecule has 1 heterocycles. The number of carbonyl (C=O) groups is 1. The molecule has 0 amide bonds. The number of nitrogens with two attached hydrogens (primary N) is 1. The molecule has 1 aromatic heterocycles. The van der Waals surface area contributed by atoms with Gasteiger partial charge in [-0.1, -0.05) is 6.07 Å². The Balaban J connectivity index is 2.69. The number of carboxylic acid groups (broad SMARTS) is 1. The minimum atomic E-state index is -0.884. The zero-order valence-electron chi connectivity index (χ0n) is 7.36. The van der Waals surface area contributed by atoms with E-state index in [-0.39, 0.29) is 0 Å². The molecule has 0 atom stereocenters. The fourth-order valence-electron chi connectivity index (χ4n) is 1.37. The first-order valence-corrected chi connectivity index (χ1v) is 5.04. The van der Waals surface area contributed by atoms with Crippen molar-refractivity contribution in [3.8, 4) is 0 Å². The van der Waals surface area contributed by atoms with E-state index in [0.717, 1.165) is 15.6 Å². The van der Waals surface area contributed by atoms with Crippen molar-refractivity contribution >= 4 is 27.4 Å². The molecule has 0 aliphatic heterocycles. The summed E-state index contributed by atoms with van der Waals surface area (Å²) in [5, 5.41) is 11.4. The van der Waals surface area contributed by atoms with Gasteiger partial charge in [-0.05, 0) is 17.7 Å². The summed E-state index contributed by atoms with van der Waals surface area (Å²) in [6, 6.07) is 5.67. The second-order valence-electron chi connectivity index (χ2n) is 2.99. The van der Waals surface area contributed by atoms with Gasteiger partial charge in [0.2, 0.25) is 0 Å². The van der Waals surface area contributed by atoms with Crippen molar-refractivity contribution in [1.29, 1.82) is 0 Å². The van der Waals surface area contributed by atoms with Crippen LogP contribution in [0.4, 0.5) is 0 Å². The Morgan fingerprint density at radius 2 is 2.29 bits per heavy atom. The van der Waals surface area contributed by atoms with Crippen molar-refractivity contribution in [3.63, 3.8) is 0 Å². The van der Waals surface area contributed by atoms with Crippen LogP contribution in [0, 0.1) is 0 Å². The molecule has 0 fully saturated rings. The van der Waals surface area contributed by atoms with Gasteiger partial charge in [0.1, 0.15) is 0 Å². The van der Waals surface area contributed by atoms with E-state index in [1.165, 1.54) is 11.3 Å². The van der Waals surface area contributed by atoms with Crippen LogP contribution in [0.1, 0.15) is 15.9 Å². The topological polar surface area (TPSA) is 63.3 Å². The Morgan fingerprint density at radius 1 is 1.50 bits per heavy atom. The highest BCUT2D eigenvalue weighted by Crippen LogP contribution is 2.26. The number of rotatable bonds is 2. The third kappa shape index (κ3) is 1.38. The summed E-state index contributed by atoms with van der Waals surface area (Å²) >= 11 is 1.44. The Labute approximate surface area is 84.8 Å². The van der Waals surface area contributed by atoms with E-state index in [0.29, 0.717) is 12.1 Å². The predicted molar refractivity (Wildman–Crippen MR) is 56.7 cm³/mol. The Morgan fingerprint density at radius 3 is 2.93 bits per heavy atom. The van der Waals surface area contributed by atoms with Gasteiger partial charge in [-0.15, -0.1) is 11.3 Å². The summed E-state index contributed by atoms with van der Waals surface area (Å²) in [7, 11) is 0. The molecule has 14 heavy (non-hydrogen) atoms. The smallest absolute Gasteiger partial charge is 0.337 e. The molecule has 0 aliphatic carbocycles. The van der Waals surface area contributed by atoms with Crippen LogP contribution < -0.4 is 5.73 Å². The zero-order chi connectivity index (χ0) is 10.1. The maximum atomic E-state index is 10.9. The number of benzene rings is 1. The minimum Gasteiger partial charge on any atom is -0.478 e. The molecule has 2 rings (SSSR count). The molecule has 1 aromatic carbocycles. The number of aromatic carboxylic acids is 1. The van der Waals surface area contributed by atoms with E-state index in [1.807, 2.05) is 18.2 Å². The molecule has 2 aromatic rings. The molecule has 3 N–H and O–H groups in total. The number of fused-ring (bicyclic) bond motifs is 1. The van der Waals surface area contributed by atoms with E-state index < -0.39 is 5.97 Å². The van der Waals surface area contributed by atoms with Gasteiger partial charge >= 0.3 is 5.97 Å². The summed E-state index contributed by atoms with van der Waals surface area (Å²) in [5.74, 6) is -0.884. The molecular weight excluding hydrogens is 198 g/mol. The van der Waals surface area contributed by atoms with E-state index in [1.54, 1.807) is 5.38 Å². The molecule has 0 bridgehead atoms. The summed E-state index contributed by atoms with van der Waals surface area (Å²) < 4.78 is 0.986. The quantitative estimate of drug-likeness (QED) is 0.792. The molecule has 0 spiro atoms. The van der Waals surface area contributed by atoms with Crippen LogP contribution in [0.5, 0.6) is 0 Å². The molecule has 4 heteroatoms. The van der Waals surface area contributed by atoms with Crippen LogP contribution in [0.3, 0.4) is 0 Å². The molecule has 72 valence electrons. The molecule has 0 aliphatic rings. The Kier molecular flexibility index (Phi) is 2.23. The van der Waals surface area contributed by atoms with E-state index in [2.05, 4.69) is 0 Å². The third-order valence-electron chi connectivity index (χ3n) is 2.10. The largest absolute Gasteiger partial charge is 0.478 e. The molecule has 0 saturated carbocycles.